The number of fused-ring (bicyclic) bond motifs is 15. The number of para-hydroxylation sites is 4. The van der Waals surface area contributed by atoms with Crippen LogP contribution in [0.1, 0.15) is 0 Å². The minimum absolute atomic E-state index is 0.481. The zero-order chi connectivity index (χ0) is 43.0. The molecule has 0 saturated heterocycles. The minimum Gasteiger partial charge on any atom is -0.456 e. The number of furan rings is 3. The molecule has 15 rings (SSSR count). The number of rotatable bonds is 4. The van der Waals surface area contributed by atoms with E-state index < -0.39 is 0 Å². The standard InChI is InChI=1S/C59H32N4O3/c1-2-13-35-30-48-47(29-34(35)12-1)44-18-9-17-43(45-19-10-20-46-54-38-14-4-3-11-33(38)25-28-51(54)66-56(45)46)55(44)63(48)59-61-57(36-23-26-41-39-15-5-7-21-49(39)64-52(41)31-36)60-58(62-59)37-24-27-42-40-16-6-8-22-50(40)65-53(42)32-37/h1-32H. The van der Waals surface area contributed by atoms with Crippen molar-refractivity contribution in [2.75, 3.05) is 0 Å². The first kappa shape index (κ1) is 35.4. The number of hydrogen-bond donors (Lipinski definition) is 0. The van der Waals surface area contributed by atoms with Gasteiger partial charge in [-0.05, 0) is 76.1 Å². The van der Waals surface area contributed by atoms with E-state index >= 15 is 0 Å². The Morgan fingerprint density at radius 2 is 0.894 bits per heavy atom. The van der Waals surface area contributed by atoms with E-state index in [1.54, 1.807) is 0 Å². The number of nitrogens with zero attached hydrogens (tertiary/aromatic N) is 4. The van der Waals surface area contributed by atoms with Crippen molar-refractivity contribution in [2.45, 2.75) is 0 Å². The summed E-state index contributed by atoms with van der Waals surface area (Å²) < 4.78 is 21.9. The molecule has 0 atom stereocenters. The van der Waals surface area contributed by atoms with E-state index in [-0.39, 0.29) is 0 Å². The maximum Gasteiger partial charge on any atom is 0.238 e. The molecule has 0 N–H and O–H groups in total. The van der Waals surface area contributed by atoms with E-state index in [4.69, 9.17) is 28.2 Å². The molecule has 0 unspecified atom stereocenters. The lowest BCUT2D eigenvalue weighted by atomic mass is 9.98. The van der Waals surface area contributed by atoms with E-state index in [9.17, 15) is 0 Å². The molecule has 0 aliphatic rings. The summed E-state index contributed by atoms with van der Waals surface area (Å²) in [5, 5.41) is 13.1. The molecule has 0 radical (unpaired) electrons. The van der Waals surface area contributed by atoms with Crippen LogP contribution in [0, 0.1) is 0 Å². The van der Waals surface area contributed by atoms with Crippen LogP contribution in [0.25, 0.3) is 149 Å². The first-order valence-electron chi connectivity index (χ1n) is 22.1. The fraction of sp³-hybridized carbons (Fsp3) is 0. The average molecular weight is 845 g/mol. The number of hydrogen-bond acceptors (Lipinski definition) is 6. The van der Waals surface area contributed by atoms with Gasteiger partial charge in [0.25, 0.3) is 0 Å². The maximum absolute atomic E-state index is 6.88. The highest BCUT2D eigenvalue weighted by atomic mass is 16.3. The summed E-state index contributed by atoms with van der Waals surface area (Å²) in [6.45, 7) is 0. The lowest BCUT2D eigenvalue weighted by Gasteiger charge is -2.13. The molecule has 0 amide bonds. The van der Waals surface area contributed by atoms with Crippen LogP contribution < -0.4 is 0 Å². The van der Waals surface area contributed by atoms with Crippen molar-refractivity contribution in [1.82, 2.24) is 19.5 Å². The van der Waals surface area contributed by atoms with Crippen molar-refractivity contribution in [1.29, 1.82) is 0 Å². The summed E-state index contributed by atoms with van der Waals surface area (Å²) in [6, 6.07) is 67.4. The third-order valence-electron chi connectivity index (χ3n) is 13.4. The lowest BCUT2D eigenvalue weighted by Crippen LogP contribution is -2.07. The molecule has 15 aromatic rings. The quantitative estimate of drug-likeness (QED) is 0.175. The minimum atomic E-state index is 0.481. The van der Waals surface area contributed by atoms with Gasteiger partial charge in [-0.15, -0.1) is 0 Å². The second-order valence-corrected chi connectivity index (χ2v) is 17.1. The summed E-state index contributed by atoms with van der Waals surface area (Å²) >= 11 is 0. The Labute approximate surface area is 374 Å². The van der Waals surface area contributed by atoms with Crippen LogP contribution in [0.2, 0.25) is 0 Å². The molecule has 0 aliphatic heterocycles. The SMILES string of the molecule is c1ccc2cc3c(cc2c1)c1cccc(-c2cccc4c2oc2ccc5ccccc5c24)c1n3-c1nc(-c2ccc3c(c2)oc2ccccc23)nc(-c2ccc3c(c2)oc2ccccc23)n1. The fourth-order valence-electron chi connectivity index (χ4n) is 10.4. The van der Waals surface area contributed by atoms with Crippen molar-refractivity contribution in [3.05, 3.63) is 194 Å². The Bertz CT molecular complexity index is 4420. The van der Waals surface area contributed by atoms with Gasteiger partial charge in [0.05, 0.1) is 11.0 Å². The molecule has 306 valence electrons. The summed E-state index contributed by atoms with van der Waals surface area (Å²) in [6.07, 6.45) is 0. The van der Waals surface area contributed by atoms with Crippen LogP contribution >= 0.6 is 0 Å². The van der Waals surface area contributed by atoms with Crippen LogP contribution in [-0.2, 0) is 0 Å². The highest BCUT2D eigenvalue weighted by molar-refractivity contribution is 6.23. The van der Waals surface area contributed by atoms with Crippen molar-refractivity contribution >= 4 is 109 Å². The highest BCUT2D eigenvalue weighted by Gasteiger charge is 2.24. The summed E-state index contributed by atoms with van der Waals surface area (Å²) in [5.41, 5.74) is 10.4. The second kappa shape index (κ2) is 13.2. The highest BCUT2D eigenvalue weighted by Crippen LogP contribution is 2.45. The van der Waals surface area contributed by atoms with Gasteiger partial charge in [0.2, 0.25) is 5.95 Å². The van der Waals surface area contributed by atoms with Gasteiger partial charge in [-0.3, -0.25) is 4.57 Å². The second-order valence-electron chi connectivity index (χ2n) is 17.1. The normalized spacial score (nSPS) is 12.2. The van der Waals surface area contributed by atoms with E-state index in [0.29, 0.717) is 17.6 Å². The Kier molecular flexibility index (Phi) is 7.10. The van der Waals surface area contributed by atoms with Gasteiger partial charge in [-0.1, -0.05) is 140 Å². The maximum atomic E-state index is 6.88. The summed E-state index contributed by atoms with van der Waals surface area (Å²) in [4.78, 5) is 16.1. The lowest BCUT2D eigenvalue weighted by molar-refractivity contribution is 0.668. The monoisotopic (exact) mass is 844 g/mol. The third kappa shape index (κ3) is 5.05. The zero-order valence-electron chi connectivity index (χ0n) is 35.0. The van der Waals surface area contributed by atoms with E-state index in [1.165, 1.54) is 5.39 Å². The predicted molar refractivity (Wildman–Crippen MR) is 267 cm³/mol. The van der Waals surface area contributed by atoms with Gasteiger partial charge in [-0.2, -0.15) is 9.97 Å². The fourth-order valence-corrected chi connectivity index (χ4v) is 10.4. The van der Waals surface area contributed by atoms with Crippen LogP contribution in [0.15, 0.2) is 207 Å². The van der Waals surface area contributed by atoms with Crippen molar-refractivity contribution in [3.63, 3.8) is 0 Å². The molecule has 5 heterocycles. The van der Waals surface area contributed by atoms with Crippen LogP contribution in [0.4, 0.5) is 0 Å². The first-order valence-corrected chi connectivity index (χ1v) is 22.1. The Morgan fingerprint density at radius 1 is 0.333 bits per heavy atom. The van der Waals surface area contributed by atoms with Gasteiger partial charge in [0.1, 0.15) is 33.5 Å². The van der Waals surface area contributed by atoms with Crippen molar-refractivity contribution < 1.29 is 13.3 Å². The molecule has 0 spiro atoms. The third-order valence-corrected chi connectivity index (χ3v) is 13.4. The van der Waals surface area contributed by atoms with Crippen molar-refractivity contribution in [3.8, 4) is 39.9 Å². The molecule has 66 heavy (non-hydrogen) atoms. The van der Waals surface area contributed by atoms with Gasteiger partial charge in [-0.25, -0.2) is 4.98 Å². The molecule has 0 saturated carbocycles. The molecule has 7 nitrogen and oxygen atoms in total. The smallest absolute Gasteiger partial charge is 0.238 e. The zero-order valence-corrected chi connectivity index (χ0v) is 35.0. The molecule has 0 bridgehead atoms. The molecule has 0 aliphatic carbocycles. The van der Waals surface area contributed by atoms with Crippen molar-refractivity contribution in [2.24, 2.45) is 0 Å². The molecule has 5 aromatic heterocycles. The molecular formula is C59H32N4O3. The van der Waals surface area contributed by atoms with E-state index in [0.717, 1.165) is 126 Å². The predicted octanol–water partition coefficient (Wildman–Crippen LogP) is 16.0. The van der Waals surface area contributed by atoms with Gasteiger partial charge < -0.3 is 13.3 Å². The molecule has 10 aromatic carbocycles. The largest absolute Gasteiger partial charge is 0.456 e. The number of aromatic nitrogens is 4. The van der Waals surface area contributed by atoms with Crippen LogP contribution in [0.5, 0.6) is 0 Å². The van der Waals surface area contributed by atoms with Crippen LogP contribution in [0.3, 0.4) is 0 Å². The topological polar surface area (TPSA) is 83.0 Å². The molecule has 7 heteroatoms. The van der Waals surface area contributed by atoms with E-state index in [2.05, 4.69) is 150 Å². The number of benzene rings is 10. The first-order chi connectivity index (χ1) is 32.7. The van der Waals surface area contributed by atoms with Crippen LogP contribution in [-0.4, -0.2) is 19.5 Å². The van der Waals surface area contributed by atoms with E-state index in [1.807, 2.05) is 48.5 Å². The molecule has 0 fully saturated rings. The van der Waals surface area contributed by atoms with Gasteiger partial charge in [0.15, 0.2) is 11.6 Å². The molecular weight excluding hydrogens is 813 g/mol. The Hall–Kier alpha value is -9.07. The summed E-state index contributed by atoms with van der Waals surface area (Å²) in [7, 11) is 0. The average Bonchev–Trinajstić information content (AvgIpc) is 4.14. The van der Waals surface area contributed by atoms with Gasteiger partial charge >= 0.3 is 0 Å². The Morgan fingerprint density at radius 3 is 1.59 bits per heavy atom. The van der Waals surface area contributed by atoms with Gasteiger partial charge in [0, 0.05) is 65.3 Å². The summed E-state index contributed by atoms with van der Waals surface area (Å²) in [5.74, 6) is 1.51. The Balaban J connectivity index is 1.04.